The fourth-order valence-corrected chi connectivity index (χ4v) is 9.33. The van der Waals surface area contributed by atoms with Gasteiger partial charge in [-0.25, -0.2) is 0 Å². The van der Waals surface area contributed by atoms with Crippen LogP contribution in [0.2, 0.25) is 0 Å². The van der Waals surface area contributed by atoms with Crippen molar-refractivity contribution >= 4 is 44.3 Å². The molecule has 4 aromatic carbocycles. The van der Waals surface area contributed by atoms with Crippen LogP contribution in [0, 0.1) is 0 Å². The van der Waals surface area contributed by atoms with E-state index < -0.39 is 0 Å². The molecule has 3 unspecified atom stereocenters. The molecule has 1 aliphatic heterocycles. The summed E-state index contributed by atoms with van der Waals surface area (Å²) in [6, 6.07) is 34.8. The average molecular weight is 607 g/mol. The molecule has 3 atom stereocenters. The second kappa shape index (κ2) is 9.96. The Labute approximate surface area is 277 Å². The predicted molar refractivity (Wildman–Crippen MR) is 199 cm³/mol. The van der Waals surface area contributed by atoms with Crippen molar-refractivity contribution in [3.63, 3.8) is 0 Å². The van der Waals surface area contributed by atoms with Crippen LogP contribution in [0.15, 0.2) is 145 Å². The van der Waals surface area contributed by atoms with E-state index in [2.05, 4.69) is 163 Å². The minimum Gasteiger partial charge on any atom is -0.357 e. The van der Waals surface area contributed by atoms with Crippen molar-refractivity contribution in [2.45, 2.75) is 56.5 Å². The van der Waals surface area contributed by atoms with Gasteiger partial charge in [0.25, 0.3) is 0 Å². The summed E-state index contributed by atoms with van der Waals surface area (Å²) in [5.41, 5.74) is 15.2. The Morgan fingerprint density at radius 2 is 1.64 bits per heavy atom. The topological polar surface area (TPSA) is 8.17 Å². The number of anilines is 1. The number of hydrogen-bond acceptors (Lipinski definition) is 1. The lowest BCUT2D eigenvalue weighted by Crippen LogP contribution is -2.41. The number of fused-ring (bicyclic) bond motifs is 9. The van der Waals surface area contributed by atoms with Crippen LogP contribution in [-0.2, 0) is 5.41 Å². The second-order valence-corrected chi connectivity index (χ2v) is 14.3. The number of rotatable bonds is 3. The van der Waals surface area contributed by atoms with Gasteiger partial charge >= 0.3 is 0 Å². The summed E-state index contributed by atoms with van der Waals surface area (Å²) in [6.07, 6.45) is 22.5. The lowest BCUT2D eigenvalue weighted by Gasteiger charge is -2.37. The Hall–Kier alpha value is -5.08. The summed E-state index contributed by atoms with van der Waals surface area (Å²) in [5.74, 6) is 0.318. The van der Waals surface area contributed by atoms with Crippen LogP contribution in [0.25, 0.3) is 38.6 Å². The van der Waals surface area contributed by atoms with Crippen molar-refractivity contribution in [2.75, 3.05) is 4.90 Å². The van der Waals surface area contributed by atoms with Crippen molar-refractivity contribution < 1.29 is 0 Å². The molecule has 47 heavy (non-hydrogen) atoms. The molecule has 0 saturated carbocycles. The molecular formula is C45H38N2. The Morgan fingerprint density at radius 3 is 2.55 bits per heavy atom. The molecule has 10 rings (SSSR count). The summed E-state index contributed by atoms with van der Waals surface area (Å²) >= 11 is 0. The molecule has 0 spiro atoms. The summed E-state index contributed by atoms with van der Waals surface area (Å²) < 4.78 is 2.48. The van der Waals surface area contributed by atoms with Gasteiger partial charge in [-0.2, -0.15) is 0 Å². The first-order valence-electron chi connectivity index (χ1n) is 17.3. The molecule has 0 saturated heterocycles. The lowest BCUT2D eigenvalue weighted by molar-refractivity contribution is 0.603. The third-order valence-electron chi connectivity index (χ3n) is 11.5. The van der Waals surface area contributed by atoms with E-state index in [9.17, 15) is 0 Å². The maximum atomic E-state index is 2.71. The van der Waals surface area contributed by atoms with E-state index in [0.717, 1.165) is 19.3 Å². The van der Waals surface area contributed by atoms with Gasteiger partial charge in [0.2, 0.25) is 0 Å². The van der Waals surface area contributed by atoms with Crippen LogP contribution in [0.5, 0.6) is 0 Å². The maximum Gasteiger partial charge on any atom is 0.0587 e. The Kier molecular flexibility index (Phi) is 5.74. The molecule has 1 aromatic heterocycles. The summed E-state index contributed by atoms with van der Waals surface area (Å²) in [4.78, 5) is 2.71. The molecule has 0 N–H and O–H groups in total. The van der Waals surface area contributed by atoms with Gasteiger partial charge in [-0.1, -0.05) is 123 Å². The summed E-state index contributed by atoms with van der Waals surface area (Å²) in [5, 5.41) is 2.65. The van der Waals surface area contributed by atoms with E-state index in [-0.39, 0.29) is 5.41 Å². The van der Waals surface area contributed by atoms with Crippen LogP contribution in [0.4, 0.5) is 5.69 Å². The fraction of sp³-hybridized carbons (Fsp3) is 0.200. The zero-order valence-corrected chi connectivity index (χ0v) is 27.0. The van der Waals surface area contributed by atoms with Crippen molar-refractivity contribution in [1.29, 1.82) is 0 Å². The minimum absolute atomic E-state index is 0.0546. The van der Waals surface area contributed by atoms with Gasteiger partial charge in [0.1, 0.15) is 0 Å². The Bertz CT molecular complexity index is 2330. The molecule has 2 heteroatoms. The minimum atomic E-state index is 0.0546. The van der Waals surface area contributed by atoms with Crippen molar-refractivity contribution in [1.82, 2.24) is 4.57 Å². The number of nitrogens with zero attached hydrogens (tertiary/aromatic N) is 2. The zero-order chi connectivity index (χ0) is 31.3. The SMILES string of the molecule is CC1(C)C2=CCC(N3c4ccccc4C4C=C(c5ccc6c(c5)c5ccccc5n6C5=CC=CCC5)C=CC43)C=C2c2ccccc21. The Morgan fingerprint density at radius 1 is 0.809 bits per heavy atom. The highest BCUT2D eigenvalue weighted by atomic mass is 15.2. The van der Waals surface area contributed by atoms with Crippen LogP contribution in [-0.4, -0.2) is 16.7 Å². The zero-order valence-electron chi connectivity index (χ0n) is 27.0. The van der Waals surface area contributed by atoms with Crippen LogP contribution in [0.3, 0.4) is 0 Å². The summed E-state index contributed by atoms with van der Waals surface area (Å²) in [6.45, 7) is 4.77. The fourth-order valence-electron chi connectivity index (χ4n) is 9.33. The maximum absolute atomic E-state index is 2.71. The number of allylic oxidation sites excluding steroid dienone is 8. The molecule has 5 aromatic rings. The molecular weight excluding hydrogens is 569 g/mol. The van der Waals surface area contributed by atoms with Gasteiger partial charge in [0, 0.05) is 33.5 Å². The first-order chi connectivity index (χ1) is 23.1. The van der Waals surface area contributed by atoms with Crippen LogP contribution in [0.1, 0.15) is 61.3 Å². The van der Waals surface area contributed by atoms with Gasteiger partial charge in [-0.15, -0.1) is 0 Å². The largest absolute Gasteiger partial charge is 0.357 e. The normalized spacial score (nSPS) is 23.5. The van der Waals surface area contributed by atoms with Crippen molar-refractivity contribution in [3.05, 3.63) is 167 Å². The second-order valence-electron chi connectivity index (χ2n) is 14.3. The first-order valence-corrected chi connectivity index (χ1v) is 17.3. The van der Waals surface area contributed by atoms with E-state index in [4.69, 9.17) is 0 Å². The highest BCUT2D eigenvalue weighted by Gasteiger charge is 2.44. The first kappa shape index (κ1) is 27.1. The van der Waals surface area contributed by atoms with E-state index in [1.54, 1.807) is 0 Å². The third kappa shape index (κ3) is 3.85. The molecule has 0 amide bonds. The van der Waals surface area contributed by atoms with Crippen molar-refractivity contribution in [2.24, 2.45) is 0 Å². The van der Waals surface area contributed by atoms with E-state index in [0.29, 0.717) is 18.0 Å². The highest BCUT2D eigenvalue weighted by molar-refractivity contribution is 6.11. The van der Waals surface area contributed by atoms with Gasteiger partial charge in [-0.05, 0) is 88.6 Å². The molecule has 2 nitrogen and oxygen atoms in total. The summed E-state index contributed by atoms with van der Waals surface area (Å²) in [7, 11) is 0. The average Bonchev–Trinajstić information content (AvgIpc) is 3.71. The molecule has 4 aliphatic carbocycles. The smallest absolute Gasteiger partial charge is 0.0587 e. The number of benzene rings is 4. The third-order valence-corrected chi connectivity index (χ3v) is 11.5. The molecule has 228 valence electrons. The van der Waals surface area contributed by atoms with Crippen LogP contribution >= 0.6 is 0 Å². The number of aromatic nitrogens is 1. The standard InChI is InChI=1S/C45H38N2/c1-45(2)39-17-9-6-14-33(39)36-28-32(22-23-40(36)45)47-42-19-11-8-16-35(42)38-27-30(21-25-44(38)47)29-20-24-43-37(26-29)34-15-7-10-18-41(34)46(43)31-12-4-3-5-13-31/h3-4,6-12,14-21,23-28,32,38,44H,5,13,22H2,1-2H3. The number of para-hydroxylation sites is 2. The van der Waals surface area contributed by atoms with Crippen molar-refractivity contribution in [3.8, 4) is 0 Å². The van der Waals surface area contributed by atoms with Gasteiger partial charge < -0.3 is 9.47 Å². The Balaban J connectivity index is 1.04. The quantitative estimate of drug-likeness (QED) is 0.198. The predicted octanol–water partition coefficient (Wildman–Crippen LogP) is 11.0. The van der Waals surface area contributed by atoms with Gasteiger partial charge in [-0.3, -0.25) is 0 Å². The van der Waals surface area contributed by atoms with E-state index in [1.165, 1.54) is 72.2 Å². The number of hydrogen-bond donors (Lipinski definition) is 0. The lowest BCUT2D eigenvalue weighted by atomic mass is 9.79. The van der Waals surface area contributed by atoms with E-state index in [1.807, 2.05) is 0 Å². The van der Waals surface area contributed by atoms with Crippen LogP contribution < -0.4 is 4.90 Å². The highest BCUT2D eigenvalue weighted by Crippen LogP contribution is 2.54. The molecule has 0 fully saturated rings. The molecule has 2 heterocycles. The molecule has 0 radical (unpaired) electrons. The van der Waals surface area contributed by atoms with Gasteiger partial charge in [0.05, 0.1) is 23.1 Å². The monoisotopic (exact) mass is 606 g/mol. The van der Waals surface area contributed by atoms with Gasteiger partial charge in [0.15, 0.2) is 0 Å². The molecule has 0 bridgehead atoms. The van der Waals surface area contributed by atoms with E-state index >= 15 is 0 Å². The molecule has 5 aliphatic rings.